The molecule has 0 N–H and O–H groups in total. The maximum Gasteiger partial charge on any atom is 0.336 e. The average Bonchev–Trinajstić information content (AvgIpc) is 2.25. The first-order valence-corrected chi connectivity index (χ1v) is 7.30. The summed E-state index contributed by atoms with van der Waals surface area (Å²) in [6.07, 6.45) is 3.04. The van der Waals surface area contributed by atoms with Gasteiger partial charge in [0, 0.05) is 0 Å². The van der Waals surface area contributed by atoms with E-state index in [1.807, 2.05) is 6.92 Å². The van der Waals surface area contributed by atoms with Gasteiger partial charge in [0.05, 0.1) is 18.8 Å². The van der Waals surface area contributed by atoms with Crippen LogP contribution in [0.2, 0.25) is 0 Å². The molecular formula is C17H28O3. The van der Waals surface area contributed by atoms with Crippen LogP contribution in [-0.2, 0) is 14.3 Å². The van der Waals surface area contributed by atoms with Gasteiger partial charge in [-0.15, -0.1) is 0 Å². The van der Waals surface area contributed by atoms with Crippen LogP contribution in [0.3, 0.4) is 0 Å². The molecule has 1 fully saturated rings. The summed E-state index contributed by atoms with van der Waals surface area (Å²) in [5, 5.41) is 0. The predicted octanol–water partition coefficient (Wildman–Crippen LogP) is 3.89. The summed E-state index contributed by atoms with van der Waals surface area (Å²) in [5.41, 5.74) is 1.54. The quantitative estimate of drug-likeness (QED) is 0.420. The van der Waals surface area contributed by atoms with Gasteiger partial charge >= 0.3 is 5.97 Å². The zero-order chi connectivity index (χ0) is 15.3. The summed E-state index contributed by atoms with van der Waals surface area (Å²) in [5.74, 6) is 0.256. The van der Waals surface area contributed by atoms with E-state index in [9.17, 15) is 4.79 Å². The van der Waals surface area contributed by atoms with Gasteiger partial charge in [-0.2, -0.15) is 0 Å². The van der Waals surface area contributed by atoms with Crippen molar-refractivity contribution in [2.45, 2.75) is 53.1 Å². The summed E-state index contributed by atoms with van der Waals surface area (Å²) in [7, 11) is 0. The van der Waals surface area contributed by atoms with E-state index in [0.29, 0.717) is 18.1 Å². The molecule has 1 aliphatic carbocycles. The van der Waals surface area contributed by atoms with Crippen molar-refractivity contribution < 1.29 is 14.3 Å². The van der Waals surface area contributed by atoms with Gasteiger partial charge in [0.25, 0.3) is 0 Å². The number of hydrogen-bond donors (Lipinski definition) is 0. The second kappa shape index (κ2) is 7.07. The first kappa shape index (κ1) is 17.0. The number of hydrogen-bond acceptors (Lipinski definition) is 3. The molecule has 0 saturated heterocycles. The molecule has 0 amide bonds. The van der Waals surface area contributed by atoms with Crippen molar-refractivity contribution in [2.75, 3.05) is 13.2 Å². The lowest BCUT2D eigenvalue weighted by molar-refractivity contribution is -0.149. The van der Waals surface area contributed by atoms with E-state index in [2.05, 4.69) is 33.9 Å². The fourth-order valence-electron chi connectivity index (χ4n) is 2.99. The van der Waals surface area contributed by atoms with Crippen LogP contribution in [0.5, 0.6) is 0 Å². The van der Waals surface area contributed by atoms with Crippen molar-refractivity contribution in [3.05, 3.63) is 24.3 Å². The Morgan fingerprint density at radius 2 is 1.90 bits per heavy atom. The highest BCUT2D eigenvalue weighted by atomic mass is 16.5. The molecule has 0 aromatic carbocycles. The van der Waals surface area contributed by atoms with E-state index in [1.165, 1.54) is 6.42 Å². The van der Waals surface area contributed by atoms with Gasteiger partial charge in [-0.3, -0.25) is 0 Å². The van der Waals surface area contributed by atoms with Crippen LogP contribution in [0, 0.1) is 11.3 Å². The van der Waals surface area contributed by atoms with Gasteiger partial charge < -0.3 is 9.47 Å². The molecule has 1 rings (SSSR count). The smallest absolute Gasteiger partial charge is 0.336 e. The largest absolute Gasteiger partial charge is 0.459 e. The van der Waals surface area contributed by atoms with Crippen LogP contribution < -0.4 is 0 Å². The summed E-state index contributed by atoms with van der Waals surface area (Å²) in [6.45, 7) is 16.7. The minimum Gasteiger partial charge on any atom is -0.459 e. The highest BCUT2D eigenvalue weighted by Crippen LogP contribution is 2.39. The number of ether oxygens (including phenoxy) is 2. The molecule has 3 nitrogen and oxygen atoms in total. The van der Waals surface area contributed by atoms with Crippen LogP contribution in [0.25, 0.3) is 0 Å². The standard InChI is InChI=1S/C17H28O3/c1-12(2)10-19-11-14(4)16(18)20-15-7-13(3)8-17(5,6)9-15/h13,15H,1,4,7-11H2,2-3,5-6H3. The molecular weight excluding hydrogens is 252 g/mol. The monoisotopic (exact) mass is 280 g/mol. The molecule has 1 saturated carbocycles. The van der Waals surface area contributed by atoms with Crippen molar-refractivity contribution in [2.24, 2.45) is 11.3 Å². The molecule has 0 spiro atoms. The maximum absolute atomic E-state index is 12.0. The van der Waals surface area contributed by atoms with E-state index in [0.717, 1.165) is 18.4 Å². The van der Waals surface area contributed by atoms with Crippen molar-refractivity contribution in [3.8, 4) is 0 Å². The Labute approximate surface area is 123 Å². The molecule has 3 heteroatoms. The lowest BCUT2D eigenvalue weighted by Gasteiger charge is -2.38. The molecule has 2 unspecified atom stereocenters. The average molecular weight is 280 g/mol. The zero-order valence-corrected chi connectivity index (χ0v) is 13.3. The molecule has 1 aliphatic rings. The first-order valence-electron chi connectivity index (χ1n) is 7.30. The van der Waals surface area contributed by atoms with E-state index in [-0.39, 0.29) is 24.1 Å². The summed E-state index contributed by atoms with van der Waals surface area (Å²) in [6, 6.07) is 0. The second-order valence-corrected chi connectivity index (χ2v) is 6.99. The molecule has 20 heavy (non-hydrogen) atoms. The normalized spacial score (nSPS) is 25.0. The second-order valence-electron chi connectivity index (χ2n) is 6.99. The van der Waals surface area contributed by atoms with Gasteiger partial charge in [0.1, 0.15) is 6.10 Å². The van der Waals surface area contributed by atoms with Crippen molar-refractivity contribution >= 4 is 5.97 Å². The van der Waals surface area contributed by atoms with Gasteiger partial charge in [0.15, 0.2) is 0 Å². The van der Waals surface area contributed by atoms with Gasteiger partial charge in [-0.05, 0) is 37.5 Å². The van der Waals surface area contributed by atoms with Crippen LogP contribution in [0.1, 0.15) is 47.0 Å². The van der Waals surface area contributed by atoms with E-state index < -0.39 is 0 Å². The zero-order valence-electron chi connectivity index (χ0n) is 13.3. The molecule has 0 bridgehead atoms. The summed E-state index contributed by atoms with van der Waals surface area (Å²) >= 11 is 0. The van der Waals surface area contributed by atoms with Gasteiger partial charge in [-0.25, -0.2) is 4.79 Å². The fraction of sp³-hybridized carbons (Fsp3) is 0.706. The van der Waals surface area contributed by atoms with Crippen molar-refractivity contribution in [1.82, 2.24) is 0 Å². The Morgan fingerprint density at radius 3 is 2.45 bits per heavy atom. The van der Waals surface area contributed by atoms with E-state index >= 15 is 0 Å². The third-order valence-corrected chi connectivity index (χ3v) is 3.53. The molecule has 114 valence electrons. The molecule has 0 heterocycles. The third kappa shape index (κ3) is 5.91. The Kier molecular flexibility index (Phi) is 6.00. The Morgan fingerprint density at radius 1 is 1.25 bits per heavy atom. The van der Waals surface area contributed by atoms with Gasteiger partial charge in [0.2, 0.25) is 0 Å². The highest BCUT2D eigenvalue weighted by Gasteiger charge is 2.34. The third-order valence-electron chi connectivity index (χ3n) is 3.53. The van der Waals surface area contributed by atoms with Crippen LogP contribution >= 0.6 is 0 Å². The lowest BCUT2D eigenvalue weighted by atomic mass is 9.71. The molecule has 0 aliphatic heterocycles. The molecule has 0 aromatic rings. The Balaban J connectivity index is 2.41. The number of esters is 1. The Hall–Kier alpha value is -1.09. The topological polar surface area (TPSA) is 35.5 Å². The minimum absolute atomic E-state index is 0.000796. The van der Waals surface area contributed by atoms with Crippen molar-refractivity contribution in [1.29, 1.82) is 0 Å². The van der Waals surface area contributed by atoms with Crippen LogP contribution in [0.15, 0.2) is 24.3 Å². The van der Waals surface area contributed by atoms with Gasteiger partial charge in [-0.1, -0.05) is 39.5 Å². The van der Waals surface area contributed by atoms with Crippen LogP contribution in [0.4, 0.5) is 0 Å². The molecule has 0 aromatic heterocycles. The highest BCUT2D eigenvalue weighted by molar-refractivity contribution is 5.88. The van der Waals surface area contributed by atoms with E-state index in [4.69, 9.17) is 9.47 Å². The fourth-order valence-corrected chi connectivity index (χ4v) is 2.99. The lowest BCUT2D eigenvalue weighted by Crippen LogP contribution is -2.34. The van der Waals surface area contributed by atoms with Crippen molar-refractivity contribution in [3.63, 3.8) is 0 Å². The van der Waals surface area contributed by atoms with E-state index in [1.54, 1.807) is 0 Å². The number of carbonyl (C=O) groups is 1. The minimum atomic E-state index is -0.332. The first-order chi connectivity index (χ1) is 9.19. The SMILES string of the molecule is C=C(C)COCC(=C)C(=O)OC1CC(C)CC(C)(C)C1. The Bertz CT molecular complexity index is 382. The summed E-state index contributed by atoms with van der Waals surface area (Å²) in [4.78, 5) is 12.0. The number of rotatable bonds is 6. The molecule has 2 atom stereocenters. The molecule has 0 radical (unpaired) electrons. The maximum atomic E-state index is 12.0. The predicted molar refractivity (Wildman–Crippen MR) is 81.4 cm³/mol. The summed E-state index contributed by atoms with van der Waals surface area (Å²) < 4.78 is 10.9. The van der Waals surface area contributed by atoms with Crippen LogP contribution in [-0.4, -0.2) is 25.3 Å². The number of carbonyl (C=O) groups excluding carboxylic acids is 1.